The molecule has 0 spiro atoms. The van der Waals surface area contributed by atoms with Crippen molar-refractivity contribution in [3.8, 4) is 0 Å². The summed E-state index contributed by atoms with van der Waals surface area (Å²) in [5.74, 6) is -0.317. The normalized spacial score (nSPS) is 25.5. The summed E-state index contributed by atoms with van der Waals surface area (Å²) in [5, 5.41) is 7.04. The van der Waals surface area contributed by atoms with Crippen molar-refractivity contribution in [2.75, 3.05) is 6.61 Å². The maximum Gasteiger partial charge on any atom is 0.695 e. The Morgan fingerprint density at radius 2 is 2.22 bits per heavy atom. The topological polar surface area (TPSA) is 193 Å². The van der Waals surface area contributed by atoms with Crippen molar-refractivity contribution in [3.63, 3.8) is 0 Å². The van der Waals surface area contributed by atoms with Crippen LogP contribution in [0.1, 0.15) is 6.42 Å². The van der Waals surface area contributed by atoms with E-state index in [-0.39, 0.29) is 12.3 Å². The van der Waals surface area contributed by atoms with Crippen LogP contribution in [-0.4, -0.2) is 56.9 Å². The summed E-state index contributed by atoms with van der Waals surface area (Å²) in [6, 6.07) is 0. The summed E-state index contributed by atoms with van der Waals surface area (Å²) < 4.78 is 35.9. The van der Waals surface area contributed by atoms with Gasteiger partial charge in [0.1, 0.15) is 24.3 Å². The van der Waals surface area contributed by atoms with E-state index in [9.17, 15) is 13.9 Å². The number of amides is 1. The van der Waals surface area contributed by atoms with Crippen LogP contribution in [0.25, 0.3) is 0 Å². The van der Waals surface area contributed by atoms with Gasteiger partial charge >= 0.3 is 16.1 Å². The average molecular weight is 372 g/mol. The van der Waals surface area contributed by atoms with Crippen molar-refractivity contribution in [2.45, 2.75) is 24.9 Å². The Kier molecular flexibility index (Phi) is 7.39. The van der Waals surface area contributed by atoms with E-state index < -0.39 is 41.1 Å². The summed E-state index contributed by atoms with van der Waals surface area (Å²) in [7, 11) is -7.76. The number of phosphoric acid groups is 1. The first kappa shape index (κ1) is 19.8. The predicted molar refractivity (Wildman–Crippen MR) is 74.9 cm³/mol. The number of nitrogens with zero attached hydrogens (tertiary/aromatic N) is 1. The third-order valence-electron chi connectivity index (χ3n) is 2.69. The lowest BCUT2D eigenvalue weighted by molar-refractivity contribution is -0.127. The third kappa shape index (κ3) is 7.25. The van der Waals surface area contributed by atoms with Crippen LogP contribution in [0.5, 0.6) is 0 Å². The largest absolute Gasteiger partial charge is 0.695 e. The number of rotatable bonds is 9. The molecule has 0 aliphatic carbocycles. The minimum atomic E-state index is -4.77. The lowest BCUT2D eigenvalue weighted by Gasteiger charge is -2.20. The van der Waals surface area contributed by atoms with Crippen LogP contribution < -0.4 is 5.73 Å². The number of hydrogen-bond donors (Lipinski definition) is 5. The molecule has 23 heavy (non-hydrogen) atoms. The molecule has 1 aliphatic heterocycles. The Hall–Kier alpha value is -1.23. The summed E-state index contributed by atoms with van der Waals surface area (Å²) in [6.07, 6.45) is -0.500. The van der Waals surface area contributed by atoms with Gasteiger partial charge in [-0.15, -0.1) is 9.42 Å². The van der Waals surface area contributed by atoms with E-state index in [0.29, 0.717) is 6.41 Å². The van der Waals surface area contributed by atoms with Crippen LogP contribution in [0.3, 0.4) is 0 Å². The van der Waals surface area contributed by atoms with Gasteiger partial charge in [0.15, 0.2) is 0 Å². The fourth-order valence-corrected chi connectivity index (χ4v) is 2.59. The minimum Gasteiger partial charge on any atom is -0.384 e. The maximum absolute atomic E-state index is 11.0. The zero-order valence-corrected chi connectivity index (χ0v) is 13.4. The van der Waals surface area contributed by atoms with Gasteiger partial charge < -0.3 is 20.3 Å². The highest BCUT2D eigenvalue weighted by molar-refractivity contribution is 7.46. The first-order valence-corrected chi connectivity index (χ1v) is 8.72. The molecule has 1 unspecified atom stereocenters. The van der Waals surface area contributed by atoms with Crippen LogP contribution in [0.4, 0.5) is 0 Å². The number of amidine groups is 1. The third-order valence-corrected chi connectivity index (χ3v) is 3.63. The molecule has 1 amide bonds. The predicted octanol–water partition coefficient (Wildman–Crippen LogP) is -0.846. The second-order valence-electron chi connectivity index (χ2n) is 4.36. The van der Waals surface area contributed by atoms with Crippen LogP contribution >= 0.6 is 16.1 Å². The van der Waals surface area contributed by atoms with Gasteiger partial charge in [0.05, 0.1) is 6.61 Å². The van der Waals surface area contributed by atoms with E-state index in [1.807, 2.05) is 0 Å². The second kappa shape index (κ2) is 8.57. The average Bonchev–Trinajstić information content (AvgIpc) is 2.78. The monoisotopic (exact) mass is 372 g/mol. The molecule has 0 aromatic heterocycles. The second-order valence-corrected chi connectivity index (χ2v) is 6.28. The van der Waals surface area contributed by atoms with Gasteiger partial charge in [-0.25, -0.2) is 4.57 Å². The fourth-order valence-electron chi connectivity index (χ4n) is 1.80. The Labute approximate surface area is 131 Å². The molecule has 0 aromatic rings. The van der Waals surface area contributed by atoms with Gasteiger partial charge in [-0.1, -0.05) is 0 Å². The van der Waals surface area contributed by atoms with Gasteiger partial charge in [-0.2, -0.15) is 0 Å². The van der Waals surface area contributed by atoms with Crippen LogP contribution in [-0.2, 0) is 27.7 Å². The highest BCUT2D eigenvalue weighted by atomic mass is 31.2. The molecular weight excluding hydrogens is 356 g/mol. The van der Waals surface area contributed by atoms with Gasteiger partial charge in [0.25, 0.3) is 0 Å². The summed E-state index contributed by atoms with van der Waals surface area (Å²) in [4.78, 5) is 38.2. The van der Waals surface area contributed by atoms with E-state index in [2.05, 4.69) is 4.52 Å². The lowest BCUT2D eigenvalue weighted by Crippen LogP contribution is -2.31. The Morgan fingerprint density at radius 1 is 1.57 bits per heavy atom. The maximum atomic E-state index is 11.0. The highest BCUT2D eigenvalue weighted by Crippen LogP contribution is 2.38. The minimum absolute atomic E-state index is 0.0577. The van der Waals surface area contributed by atoms with Crippen molar-refractivity contribution in [3.05, 3.63) is 12.3 Å². The number of hydrogen-bond acceptors (Lipinski definition) is 7. The molecule has 1 fully saturated rings. The molecule has 0 bridgehead atoms. The van der Waals surface area contributed by atoms with E-state index in [1.54, 1.807) is 0 Å². The molecule has 0 aromatic carbocycles. The van der Waals surface area contributed by atoms with E-state index in [1.165, 1.54) is 0 Å². The quantitative estimate of drug-likeness (QED) is 0.147. The van der Waals surface area contributed by atoms with E-state index in [0.717, 1.165) is 17.2 Å². The SMILES string of the molecule is N=C(N)/C=C\N(C=O)[C@H]1C[C@H](O[P+](=O)O)[C@@H](COP(=O)(O)O)O1. The van der Waals surface area contributed by atoms with Crippen LogP contribution in [0, 0.1) is 5.41 Å². The molecule has 0 radical (unpaired) electrons. The molecule has 130 valence electrons. The molecule has 14 heteroatoms. The number of nitrogens with two attached hydrogens (primary N) is 1. The van der Waals surface area contributed by atoms with Crippen molar-refractivity contribution in [1.29, 1.82) is 5.41 Å². The van der Waals surface area contributed by atoms with Crippen molar-refractivity contribution in [2.24, 2.45) is 5.73 Å². The Morgan fingerprint density at radius 3 is 2.70 bits per heavy atom. The molecule has 1 saturated heterocycles. The van der Waals surface area contributed by atoms with Gasteiger partial charge in [0, 0.05) is 17.2 Å². The molecule has 1 aliphatic rings. The molecule has 12 nitrogen and oxygen atoms in total. The molecule has 6 N–H and O–H groups in total. The molecule has 1 heterocycles. The van der Waals surface area contributed by atoms with E-state index >= 15 is 0 Å². The zero-order chi connectivity index (χ0) is 17.6. The summed E-state index contributed by atoms with van der Waals surface area (Å²) in [6.45, 7) is -0.613. The van der Waals surface area contributed by atoms with Gasteiger partial charge in [-0.05, 0) is 6.08 Å². The number of ether oxygens (including phenoxy) is 1. The summed E-state index contributed by atoms with van der Waals surface area (Å²) in [5.41, 5.74) is 5.12. The number of nitrogens with one attached hydrogen (secondary N) is 1. The van der Waals surface area contributed by atoms with Crippen molar-refractivity contribution >= 4 is 28.3 Å². The van der Waals surface area contributed by atoms with Crippen LogP contribution in [0.15, 0.2) is 12.3 Å². The van der Waals surface area contributed by atoms with Crippen molar-refractivity contribution in [1.82, 2.24) is 4.90 Å². The zero-order valence-electron chi connectivity index (χ0n) is 11.6. The standard InChI is InChI=1S/C9H15N3O9P2/c10-8(11)1-2-12(5-13)9-3-6(21-22(14)15)7(20-9)4-19-23(16,17)18/h1-2,5-7,9H,3-4H2,(H5-,10,11,14,15,16,17,18)/p+1/b2-1-/t6-,7+,9+/m0/s1. The smallest absolute Gasteiger partial charge is 0.384 e. The number of carbonyl (C=O) groups excluding carboxylic acids is 1. The van der Waals surface area contributed by atoms with E-state index in [4.69, 9.17) is 35.1 Å². The Bertz CT molecular complexity index is 536. The molecule has 0 saturated carbocycles. The first-order valence-electron chi connectivity index (χ1n) is 6.06. The molecule has 4 atom stereocenters. The Balaban J connectivity index is 2.80. The van der Waals surface area contributed by atoms with Gasteiger partial charge in [-0.3, -0.25) is 19.6 Å². The highest BCUT2D eigenvalue weighted by Gasteiger charge is 2.44. The van der Waals surface area contributed by atoms with Crippen LogP contribution in [0.2, 0.25) is 0 Å². The number of phosphoric ester groups is 1. The molecule has 1 rings (SSSR count). The fraction of sp³-hybridized carbons (Fsp3) is 0.556. The number of carbonyl (C=O) groups is 1. The first-order chi connectivity index (χ1) is 10.6. The molecular formula is C9H16N3O9P2+. The van der Waals surface area contributed by atoms with Gasteiger partial charge in [0.2, 0.25) is 6.41 Å². The summed E-state index contributed by atoms with van der Waals surface area (Å²) >= 11 is 0. The lowest BCUT2D eigenvalue weighted by atomic mass is 10.2. The van der Waals surface area contributed by atoms with Crippen molar-refractivity contribution < 1.29 is 42.4 Å².